The summed E-state index contributed by atoms with van der Waals surface area (Å²) in [6.45, 7) is 5.12. The summed E-state index contributed by atoms with van der Waals surface area (Å²) in [5, 5.41) is 0. The van der Waals surface area contributed by atoms with Crippen LogP contribution in [0.5, 0.6) is 11.5 Å². The molecule has 2 unspecified atom stereocenters. The standard InChI is InChI=1S/C18H26O3/c1-13(2)14-4-9-18(19)15(12-14)10-11-21-17-7-5-16(20-3)6-8-17/h5-8,13-15H,4,9-12H2,1-3H3. The molecule has 0 saturated heterocycles. The molecule has 0 radical (unpaired) electrons. The third-order valence-electron chi connectivity index (χ3n) is 4.54. The summed E-state index contributed by atoms with van der Waals surface area (Å²) in [4.78, 5) is 12.0. The fraction of sp³-hybridized carbons (Fsp3) is 0.611. The number of methoxy groups -OCH3 is 1. The van der Waals surface area contributed by atoms with E-state index in [1.54, 1.807) is 7.11 Å². The monoisotopic (exact) mass is 290 g/mol. The van der Waals surface area contributed by atoms with Gasteiger partial charge in [-0.25, -0.2) is 0 Å². The van der Waals surface area contributed by atoms with Crippen molar-refractivity contribution in [2.24, 2.45) is 17.8 Å². The zero-order chi connectivity index (χ0) is 15.2. The molecule has 2 atom stereocenters. The average Bonchev–Trinajstić information content (AvgIpc) is 2.49. The van der Waals surface area contributed by atoms with E-state index >= 15 is 0 Å². The highest BCUT2D eigenvalue weighted by Gasteiger charge is 2.29. The number of ketones is 1. The number of hydrogen-bond acceptors (Lipinski definition) is 3. The molecule has 21 heavy (non-hydrogen) atoms. The van der Waals surface area contributed by atoms with E-state index in [-0.39, 0.29) is 5.92 Å². The predicted molar refractivity (Wildman–Crippen MR) is 83.8 cm³/mol. The summed E-state index contributed by atoms with van der Waals surface area (Å²) in [6.07, 6.45) is 3.67. The maximum atomic E-state index is 12.0. The molecule has 1 aliphatic rings. The number of rotatable bonds is 6. The minimum atomic E-state index is 0.185. The van der Waals surface area contributed by atoms with Crippen LogP contribution in [0, 0.1) is 17.8 Å². The molecule has 2 rings (SSSR count). The summed E-state index contributed by atoms with van der Waals surface area (Å²) in [5.74, 6) is 3.62. The van der Waals surface area contributed by atoms with E-state index in [0.717, 1.165) is 37.2 Å². The molecular formula is C18H26O3. The maximum absolute atomic E-state index is 12.0. The van der Waals surface area contributed by atoms with Crippen LogP contribution in [-0.2, 0) is 4.79 Å². The van der Waals surface area contributed by atoms with Gasteiger partial charge in [-0.15, -0.1) is 0 Å². The highest BCUT2D eigenvalue weighted by Crippen LogP contribution is 2.33. The molecule has 0 spiro atoms. The summed E-state index contributed by atoms with van der Waals surface area (Å²) in [6, 6.07) is 7.57. The first kappa shape index (κ1) is 15.9. The van der Waals surface area contributed by atoms with Gasteiger partial charge in [0.15, 0.2) is 0 Å². The van der Waals surface area contributed by atoms with Crippen molar-refractivity contribution in [1.82, 2.24) is 0 Å². The van der Waals surface area contributed by atoms with Crippen molar-refractivity contribution in [3.8, 4) is 11.5 Å². The van der Waals surface area contributed by atoms with Crippen molar-refractivity contribution in [2.45, 2.75) is 39.5 Å². The van der Waals surface area contributed by atoms with Crippen LogP contribution in [0.4, 0.5) is 0 Å². The first-order chi connectivity index (χ1) is 10.1. The smallest absolute Gasteiger partial charge is 0.136 e. The van der Waals surface area contributed by atoms with E-state index in [1.807, 2.05) is 24.3 Å². The predicted octanol–water partition coefficient (Wildman–Crippen LogP) is 4.11. The maximum Gasteiger partial charge on any atom is 0.136 e. The van der Waals surface area contributed by atoms with E-state index in [9.17, 15) is 4.79 Å². The first-order valence-electron chi connectivity index (χ1n) is 7.89. The van der Waals surface area contributed by atoms with E-state index in [2.05, 4.69) is 13.8 Å². The number of carbonyl (C=O) groups is 1. The van der Waals surface area contributed by atoms with Gasteiger partial charge in [-0.1, -0.05) is 13.8 Å². The molecule has 0 aliphatic heterocycles. The van der Waals surface area contributed by atoms with Gasteiger partial charge in [0.1, 0.15) is 17.3 Å². The SMILES string of the molecule is COc1ccc(OCCC2CC(C(C)C)CCC2=O)cc1. The Morgan fingerprint density at radius 2 is 1.86 bits per heavy atom. The van der Waals surface area contributed by atoms with E-state index in [4.69, 9.17) is 9.47 Å². The Morgan fingerprint density at radius 3 is 2.48 bits per heavy atom. The molecular weight excluding hydrogens is 264 g/mol. The van der Waals surface area contributed by atoms with Crippen LogP contribution in [0.15, 0.2) is 24.3 Å². The van der Waals surface area contributed by atoms with Gasteiger partial charge in [-0.3, -0.25) is 4.79 Å². The number of hydrogen-bond donors (Lipinski definition) is 0. The van der Waals surface area contributed by atoms with Gasteiger partial charge >= 0.3 is 0 Å². The lowest BCUT2D eigenvalue weighted by atomic mass is 9.74. The van der Waals surface area contributed by atoms with Gasteiger partial charge in [-0.2, -0.15) is 0 Å². The second-order valence-electron chi connectivity index (χ2n) is 6.25. The van der Waals surface area contributed by atoms with Gasteiger partial charge in [-0.05, 0) is 55.4 Å². The molecule has 0 bridgehead atoms. The Labute approximate surface area is 127 Å². The molecule has 116 valence electrons. The molecule has 0 amide bonds. The highest BCUT2D eigenvalue weighted by atomic mass is 16.5. The van der Waals surface area contributed by atoms with Gasteiger partial charge in [0.05, 0.1) is 13.7 Å². The van der Waals surface area contributed by atoms with Gasteiger partial charge < -0.3 is 9.47 Å². The Morgan fingerprint density at radius 1 is 1.19 bits per heavy atom. The molecule has 1 fully saturated rings. The largest absolute Gasteiger partial charge is 0.497 e. The number of carbonyl (C=O) groups excluding carboxylic acids is 1. The third-order valence-corrected chi connectivity index (χ3v) is 4.54. The number of benzene rings is 1. The molecule has 1 aromatic carbocycles. The summed E-state index contributed by atoms with van der Waals surface area (Å²) in [7, 11) is 1.65. The van der Waals surface area contributed by atoms with Gasteiger partial charge in [0.2, 0.25) is 0 Å². The molecule has 1 saturated carbocycles. The van der Waals surface area contributed by atoms with Crippen LogP contribution in [-0.4, -0.2) is 19.5 Å². The minimum Gasteiger partial charge on any atom is -0.497 e. The molecule has 0 heterocycles. The summed E-state index contributed by atoms with van der Waals surface area (Å²) >= 11 is 0. The first-order valence-corrected chi connectivity index (χ1v) is 7.89. The van der Waals surface area contributed by atoms with Crippen molar-refractivity contribution in [3.63, 3.8) is 0 Å². The quantitative estimate of drug-likeness (QED) is 0.791. The van der Waals surface area contributed by atoms with Crippen molar-refractivity contribution < 1.29 is 14.3 Å². The highest BCUT2D eigenvalue weighted by molar-refractivity contribution is 5.81. The second kappa shape index (κ2) is 7.48. The molecule has 1 aromatic rings. The Bertz CT molecular complexity index is 450. The fourth-order valence-corrected chi connectivity index (χ4v) is 3.02. The minimum absolute atomic E-state index is 0.185. The molecule has 3 nitrogen and oxygen atoms in total. The third kappa shape index (κ3) is 4.48. The van der Waals surface area contributed by atoms with Crippen molar-refractivity contribution >= 4 is 5.78 Å². The number of Topliss-reactive ketones (excluding diaryl/α,β-unsaturated/α-hetero) is 1. The fourth-order valence-electron chi connectivity index (χ4n) is 3.02. The lowest BCUT2D eigenvalue weighted by Gasteiger charge is -2.30. The lowest BCUT2D eigenvalue weighted by molar-refractivity contribution is -0.126. The van der Waals surface area contributed by atoms with E-state index < -0.39 is 0 Å². The Hall–Kier alpha value is -1.51. The van der Waals surface area contributed by atoms with Crippen molar-refractivity contribution in [3.05, 3.63) is 24.3 Å². The normalized spacial score (nSPS) is 22.4. The summed E-state index contributed by atoms with van der Waals surface area (Å²) in [5.41, 5.74) is 0. The Balaban J connectivity index is 1.79. The van der Waals surface area contributed by atoms with Crippen molar-refractivity contribution in [2.75, 3.05) is 13.7 Å². The molecule has 3 heteroatoms. The average molecular weight is 290 g/mol. The molecule has 0 aromatic heterocycles. The zero-order valence-electron chi connectivity index (χ0n) is 13.3. The van der Waals surface area contributed by atoms with Crippen LogP contribution in [0.2, 0.25) is 0 Å². The van der Waals surface area contributed by atoms with Crippen LogP contribution in [0.1, 0.15) is 39.5 Å². The van der Waals surface area contributed by atoms with Gasteiger partial charge in [0.25, 0.3) is 0 Å². The van der Waals surface area contributed by atoms with Gasteiger partial charge in [0, 0.05) is 12.3 Å². The topological polar surface area (TPSA) is 35.5 Å². The summed E-state index contributed by atoms with van der Waals surface area (Å²) < 4.78 is 10.9. The Kier molecular flexibility index (Phi) is 5.66. The van der Waals surface area contributed by atoms with Crippen LogP contribution in [0.3, 0.4) is 0 Å². The van der Waals surface area contributed by atoms with Crippen LogP contribution < -0.4 is 9.47 Å². The molecule has 0 N–H and O–H groups in total. The van der Waals surface area contributed by atoms with E-state index in [0.29, 0.717) is 24.2 Å². The number of ether oxygens (including phenoxy) is 2. The zero-order valence-corrected chi connectivity index (χ0v) is 13.3. The van der Waals surface area contributed by atoms with E-state index in [1.165, 1.54) is 0 Å². The second-order valence-corrected chi connectivity index (χ2v) is 6.25. The lowest BCUT2D eigenvalue weighted by Crippen LogP contribution is -2.28. The molecule has 1 aliphatic carbocycles. The van der Waals surface area contributed by atoms with Crippen molar-refractivity contribution in [1.29, 1.82) is 0 Å². The van der Waals surface area contributed by atoms with Crippen LogP contribution in [0.25, 0.3) is 0 Å². The van der Waals surface area contributed by atoms with Crippen LogP contribution >= 0.6 is 0 Å².